The summed E-state index contributed by atoms with van der Waals surface area (Å²) in [4.78, 5) is 7.19. The van der Waals surface area contributed by atoms with Crippen molar-refractivity contribution in [1.29, 1.82) is 0 Å². The van der Waals surface area contributed by atoms with Crippen LogP contribution >= 0.6 is 11.8 Å². The molecule has 2 aliphatic rings. The van der Waals surface area contributed by atoms with E-state index in [-0.39, 0.29) is 6.10 Å². The molecule has 2 aliphatic heterocycles. The van der Waals surface area contributed by atoms with Gasteiger partial charge >= 0.3 is 0 Å². The van der Waals surface area contributed by atoms with E-state index in [0.29, 0.717) is 11.5 Å². The van der Waals surface area contributed by atoms with Gasteiger partial charge in [0.05, 0.1) is 19.3 Å². The summed E-state index contributed by atoms with van der Waals surface area (Å²) in [6.45, 7) is 13.9. The molecule has 116 valence electrons. The zero-order valence-corrected chi connectivity index (χ0v) is 14.1. The van der Waals surface area contributed by atoms with Gasteiger partial charge in [-0.25, -0.2) is 0 Å². The van der Waals surface area contributed by atoms with Crippen molar-refractivity contribution in [3.63, 3.8) is 0 Å². The van der Waals surface area contributed by atoms with Crippen LogP contribution in [-0.4, -0.2) is 60.8 Å². The number of amidine groups is 1. The van der Waals surface area contributed by atoms with Crippen molar-refractivity contribution in [2.45, 2.75) is 46.3 Å². The maximum Gasteiger partial charge on any atom is 0.156 e. The van der Waals surface area contributed by atoms with Gasteiger partial charge in [0.1, 0.15) is 0 Å². The molecule has 0 saturated carbocycles. The Kier molecular flexibility index (Phi) is 5.75. The molecule has 2 saturated heterocycles. The molecule has 2 heterocycles. The van der Waals surface area contributed by atoms with Crippen molar-refractivity contribution in [2.24, 2.45) is 10.4 Å². The first-order valence-electron chi connectivity index (χ1n) is 7.76. The summed E-state index contributed by atoms with van der Waals surface area (Å²) in [5.41, 5.74) is 0.294. The number of morpholine rings is 1. The Balaban J connectivity index is 1.84. The van der Waals surface area contributed by atoms with Crippen LogP contribution in [0.2, 0.25) is 0 Å². The van der Waals surface area contributed by atoms with Gasteiger partial charge in [-0.3, -0.25) is 9.89 Å². The number of nitrogens with zero attached hydrogens (tertiary/aromatic N) is 2. The number of aliphatic imine (C=N–C) groups is 1. The number of ether oxygens (including phenoxy) is 1. The van der Waals surface area contributed by atoms with Gasteiger partial charge in [0, 0.05) is 24.9 Å². The second-order valence-corrected chi connectivity index (χ2v) is 7.82. The highest BCUT2D eigenvalue weighted by atomic mass is 32.2. The van der Waals surface area contributed by atoms with E-state index in [2.05, 4.69) is 37.9 Å². The first kappa shape index (κ1) is 16.1. The molecule has 0 bridgehead atoms. The van der Waals surface area contributed by atoms with Crippen molar-refractivity contribution in [1.82, 2.24) is 10.2 Å². The zero-order chi connectivity index (χ0) is 14.6. The fraction of sp³-hybridized carbons (Fsp3) is 0.933. The lowest BCUT2D eigenvalue weighted by Crippen LogP contribution is -2.47. The summed E-state index contributed by atoms with van der Waals surface area (Å²) < 4.78 is 5.81. The Morgan fingerprint density at radius 2 is 2.25 bits per heavy atom. The second-order valence-electron chi connectivity index (χ2n) is 6.73. The molecule has 2 fully saturated rings. The van der Waals surface area contributed by atoms with Crippen LogP contribution in [0.15, 0.2) is 4.99 Å². The monoisotopic (exact) mass is 299 g/mol. The molecule has 0 aliphatic carbocycles. The van der Waals surface area contributed by atoms with E-state index in [1.54, 1.807) is 0 Å². The standard InChI is InChI=1S/C15H29N3OS/c1-5-18-7-8-19-12(11-18)10-16-14-17-13(6-9-20-14)15(2,3)4/h12-13H,5-11H2,1-4H3,(H,16,17). The maximum atomic E-state index is 5.81. The minimum Gasteiger partial charge on any atom is -0.374 e. The predicted octanol–water partition coefficient (Wildman–Crippen LogP) is 2.20. The molecule has 0 spiro atoms. The average molecular weight is 299 g/mol. The van der Waals surface area contributed by atoms with Crippen molar-refractivity contribution >= 4 is 16.9 Å². The molecular formula is C15H29N3OS. The molecule has 4 nitrogen and oxygen atoms in total. The molecule has 1 N–H and O–H groups in total. The number of nitrogens with one attached hydrogen (secondary N) is 1. The summed E-state index contributed by atoms with van der Waals surface area (Å²) >= 11 is 1.85. The van der Waals surface area contributed by atoms with Gasteiger partial charge < -0.3 is 10.1 Å². The summed E-state index contributed by atoms with van der Waals surface area (Å²) in [5.74, 6) is 1.17. The molecule has 0 radical (unpaired) electrons. The van der Waals surface area contributed by atoms with E-state index in [9.17, 15) is 0 Å². The molecule has 0 aromatic rings. The lowest BCUT2D eigenvalue weighted by Gasteiger charge is -2.36. The fourth-order valence-electron chi connectivity index (χ4n) is 2.64. The lowest BCUT2D eigenvalue weighted by molar-refractivity contribution is -0.0209. The predicted molar refractivity (Wildman–Crippen MR) is 87.6 cm³/mol. The van der Waals surface area contributed by atoms with Gasteiger partial charge in [0.25, 0.3) is 0 Å². The fourth-order valence-corrected chi connectivity index (χ4v) is 3.58. The van der Waals surface area contributed by atoms with E-state index in [1.807, 2.05) is 11.8 Å². The van der Waals surface area contributed by atoms with Gasteiger partial charge in [0.15, 0.2) is 5.17 Å². The molecule has 5 heteroatoms. The van der Waals surface area contributed by atoms with Crippen LogP contribution in [0.3, 0.4) is 0 Å². The third-order valence-corrected chi connectivity index (χ3v) is 5.06. The van der Waals surface area contributed by atoms with Gasteiger partial charge in [-0.1, -0.05) is 39.5 Å². The van der Waals surface area contributed by atoms with Crippen LogP contribution in [0.1, 0.15) is 34.1 Å². The van der Waals surface area contributed by atoms with Crippen LogP contribution in [0.25, 0.3) is 0 Å². The zero-order valence-electron chi connectivity index (χ0n) is 13.3. The van der Waals surface area contributed by atoms with E-state index in [0.717, 1.165) is 38.0 Å². The van der Waals surface area contributed by atoms with Gasteiger partial charge in [0.2, 0.25) is 0 Å². The van der Waals surface area contributed by atoms with Crippen molar-refractivity contribution < 1.29 is 4.74 Å². The maximum absolute atomic E-state index is 5.81. The van der Waals surface area contributed by atoms with Crippen molar-refractivity contribution in [3.8, 4) is 0 Å². The molecule has 2 unspecified atom stereocenters. The summed E-state index contributed by atoms with van der Waals surface area (Å²) in [6.07, 6.45) is 1.48. The molecule has 20 heavy (non-hydrogen) atoms. The van der Waals surface area contributed by atoms with Crippen LogP contribution in [0, 0.1) is 5.41 Å². The number of thioether (sulfide) groups is 1. The Hall–Kier alpha value is -0.260. The normalized spacial score (nSPS) is 31.3. The number of rotatable bonds is 3. The smallest absolute Gasteiger partial charge is 0.156 e. The minimum atomic E-state index is 0.258. The van der Waals surface area contributed by atoms with Crippen LogP contribution < -0.4 is 5.32 Å². The highest BCUT2D eigenvalue weighted by Crippen LogP contribution is 2.27. The first-order valence-corrected chi connectivity index (χ1v) is 8.75. The van der Waals surface area contributed by atoms with E-state index >= 15 is 0 Å². The largest absolute Gasteiger partial charge is 0.374 e. The minimum absolute atomic E-state index is 0.258. The SMILES string of the molecule is CCN1CCOC(CN=C2NC(C(C)(C)C)CCS2)C1. The third kappa shape index (κ3) is 4.64. The summed E-state index contributed by atoms with van der Waals surface area (Å²) in [5, 5.41) is 4.71. The Morgan fingerprint density at radius 1 is 1.45 bits per heavy atom. The molecule has 0 aromatic carbocycles. The van der Waals surface area contributed by atoms with Crippen LogP contribution in [-0.2, 0) is 4.74 Å². The summed E-state index contributed by atoms with van der Waals surface area (Å²) in [6, 6.07) is 0.530. The second kappa shape index (κ2) is 7.14. The molecule has 0 aromatic heterocycles. The van der Waals surface area contributed by atoms with E-state index in [4.69, 9.17) is 9.73 Å². The van der Waals surface area contributed by atoms with Crippen molar-refractivity contribution in [2.75, 3.05) is 38.5 Å². The number of hydrogen-bond acceptors (Lipinski definition) is 4. The lowest BCUT2D eigenvalue weighted by atomic mass is 9.85. The topological polar surface area (TPSA) is 36.9 Å². The quantitative estimate of drug-likeness (QED) is 0.867. The van der Waals surface area contributed by atoms with Gasteiger partial charge in [-0.2, -0.15) is 0 Å². The molecular weight excluding hydrogens is 270 g/mol. The van der Waals surface area contributed by atoms with Crippen LogP contribution in [0.5, 0.6) is 0 Å². The number of hydrogen-bond donors (Lipinski definition) is 1. The first-order chi connectivity index (χ1) is 9.49. The van der Waals surface area contributed by atoms with Gasteiger partial charge in [-0.15, -0.1) is 0 Å². The van der Waals surface area contributed by atoms with Crippen molar-refractivity contribution in [3.05, 3.63) is 0 Å². The third-order valence-electron chi connectivity index (χ3n) is 4.10. The highest BCUT2D eigenvalue weighted by molar-refractivity contribution is 8.13. The van der Waals surface area contributed by atoms with Crippen LogP contribution in [0.4, 0.5) is 0 Å². The van der Waals surface area contributed by atoms with Gasteiger partial charge in [-0.05, 0) is 18.4 Å². The number of likely N-dealkylation sites (N-methyl/N-ethyl adjacent to an activating group) is 1. The average Bonchev–Trinajstić information content (AvgIpc) is 2.45. The highest BCUT2D eigenvalue weighted by Gasteiger charge is 2.28. The Labute approximate surface area is 127 Å². The molecule has 2 rings (SSSR count). The Bertz CT molecular complexity index is 341. The summed E-state index contributed by atoms with van der Waals surface area (Å²) in [7, 11) is 0. The molecule has 2 atom stereocenters. The van der Waals surface area contributed by atoms with E-state index in [1.165, 1.54) is 12.2 Å². The van der Waals surface area contributed by atoms with E-state index < -0.39 is 0 Å². The Morgan fingerprint density at radius 3 is 2.95 bits per heavy atom. The molecule has 0 amide bonds.